The molecule has 8 nitrogen and oxygen atoms in total. The van der Waals surface area contributed by atoms with Crippen molar-refractivity contribution in [2.75, 3.05) is 24.5 Å². The fourth-order valence-corrected chi connectivity index (χ4v) is 4.93. The molecule has 4 heterocycles. The molecule has 3 aromatic rings. The standard InChI is InChI=1S/C27H29F2N5O3/c1-17(35)34-14-11-21-22(16-34)30-26(23-6-3-7-25(36)32(23)2)27(31-21)33-12-4-5-19(10-13-33)37-24-9-8-18(28)15-20(24)29/h3,6-9,15,19H,4-5,10-14,16H2,1-2H3. The van der Waals surface area contributed by atoms with Gasteiger partial charge in [0.05, 0.1) is 23.6 Å². The Hall–Kier alpha value is -3.82. The minimum Gasteiger partial charge on any atom is -0.487 e. The van der Waals surface area contributed by atoms with Gasteiger partial charge in [0.25, 0.3) is 5.56 Å². The Morgan fingerprint density at radius 2 is 1.89 bits per heavy atom. The number of halogens is 2. The molecule has 1 saturated heterocycles. The van der Waals surface area contributed by atoms with Crippen molar-refractivity contribution in [3.8, 4) is 17.1 Å². The van der Waals surface area contributed by atoms with Crippen molar-refractivity contribution in [2.24, 2.45) is 7.05 Å². The van der Waals surface area contributed by atoms with Crippen LogP contribution in [0.2, 0.25) is 0 Å². The third kappa shape index (κ3) is 5.19. The summed E-state index contributed by atoms with van der Waals surface area (Å²) in [7, 11) is 1.70. The number of benzene rings is 1. The van der Waals surface area contributed by atoms with Crippen LogP contribution in [-0.4, -0.2) is 51.1 Å². The zero-order valence-electron chi connectivity index (χ0n) is 20.9. The van der Waals surface area contributed by atoms with Crippen LogP contribution in [0, 0.1) is 11.6 Å². The SMILES string of the molecule is CC(=O)N1CCc2nc(N3CCCC(Oc4ccc(F)cc4F)CC3)c(-c3cccc(=O)n3C)nc2C1. The second-order valence-corrected chi connectivity index (χ2v) is 9.52. The van der Waals surface area contributed by atoms with Gasteiger partial charge in [0.2, 0.25) is 5.91 Å². The van der Waals surface area contributed by atoms with Crippen molar-refractivity contribution in [3.05, 3.63) is 69.8 Å². The maximum absolute atomic E-state index is 14.2. The summed E-state index contributed by atoms with van der Waals surface area (Å²) in [5.41, 5.74) is 2.66. The number of nitrogens with zero attached hydrogens (tertiary/aromatic N) is 5. The van der Waals surface area contributed by atoms with Crippen LogP contribution in [0.15, 0.2) is 41.2 Å². The van der Waals surface area contributed by atoms with Crippen LogP contribution < -0.4 is 15.2 Å². The lowest BCUT2D eigenvalue weighted by molar-refractivity contribution is -0.129. The monoisotopic (exact) mass is 509 g/mol. The van der Waals surface area contributed by atoms with Gasteiger partial charge in [-0.3, -0.25) is 9.59 Å². The lowest BCUT2D eigenvalue weighted by atomic mass is 10.1. The van der Waals surface area contributed by atoms with E-state index in [0.29, 0.717) is 62.6 Å². The van der Waals surface area contributed by atoms with Gasteiger partial charge < -0.3 is 19.1 Å². The first-order valence-electron chi connectivity index (χ1n) is 12.5. The Bertz CT molecular complexity index is 1390. The van der Waals surface area contributed by atoms with Crippen LogP contribution in [0.5, 0.6) is 5.75 Å². The number of carbonyl (C=O) groups is 1. The summed E-state index contributed by atoms with van der Waals surface area (Å²) in [6, 6.07) is 8.37. The molecule has 0 N–H and O–H groups in total. The van der Waals surface area contributed by atoms with Crippen LogP contribution in [0.3, 0.4) is 0 Å². The Morgan fingerprint density at radius 3 is 2.68 bits per heavy atom. The molecule has 0 aliphatic carbocycles. The molecular weight excluding hydrogens is 480 g/mol. The van der Waals surface area contributed by atoms with Gasteiger partial charge in [0, 0.05) is 58.6 Å². The lowest BCUT2D eigenvalue weighted by Gasteiger charge is -2.30. The van der Waals surface area contributed by atoms with Crippen LogP contribution in [0.25, 0.3) is 11.4 Å². The minimum absolute atomic E-state index is 0.0126. The molecule has 10 heteroatoms. The third-order valence-corrected chi connectivity index (χ3v) is 7.03. The average Bonchev–Trinajstić information content (AvgIpc) is 3.12. The van der Waals surface area contributed by atoms with Gasteiger partial charge >= 0.3 is 0 Å². The maximum Gasteiger partial charge on any atom is 0.250 e. The summed E-state index contributed by atoms with van der Waals surface area (Å²) in [5, 5.41) is 0. The lowest BCUT2D eigenvalue weighted by Crippen LogP contribution is -2.36. The van der Waals surface area contributed by atoms with E-state index >= 15 is 0 Å². The fourth-order valence-electron chi connectivity index (χ4n) is 4.93. The number of amides is 1. The van der Waals surface area contributed by atoms with Gasteiger partial charge in [-0.05, 0) is 31.0 Å². The fraction of sp³-hybridized carbons (Fsp3) is 0.407. The molecule has 1 amide bonds. The average molecular weight is 510 g/mol. The van der Waals surface area contributed by atoms with E-state index in [2.05, 4.69) is 4.90 Å². The van der Waals surface area contributed by atoms with E-state index in [9.17, 15) is 18.4 Å². The molecule has 1 atom stereocenters. The number of hydrogen-bond acceptors (Lipinski definition) is 6. The van der Waals surface area contributed by atoms with Gasteiger partial charge in [0.1, 0.15) is 17.6 Å². The molecule has 0 radical (unpaired) electrons. The van der Waals surface area contributed by atoms with Gasteiger partial charge in [-0.15, -0.1) is 0 Å². The number of hydrogen-bond donors (Lipinski definition) is 0. The normalized spacial score (nSPS) is 17.8. The Labute approximate surface area is 213 Å². The summed E-state index contributed by atoms with van der Waals surface area (Å²) in [6.07, 6.45) is 2.47. The summed E-state index contributed by atoms with van der Waals surface area (Å²) >= 11 is 0. The van der Waals surface area contributed by atoms with E-state index in [1.165, 1.54) is 18.2 Å². The van der Waals surface area contributed by atoms with E-state index in [1.54, 1.807) is 29.5 Å². The third-order valence-electron chi connectivity index (χ3n) is 7.03. The first kappa shape index (κ1) is 24.9. The van der Waals surface area contributed by atoms with Crippen LogP contribution in [0.1, 0.15) is 37.6 Å². The van der Waals surface area contributed by atoms with Crippen molar-refractivity contribution in [2.45, 2.75) is 45.3 Å². The van der Waals surface area contributed by atoms with Crippen molar-refractivity contribution in [3.63, 3.8) is 0 Å². The van der Waals surface area contributed by atoms with E-state index in [4.69, 9.17) is 14.7 Å². The molecule has 2 aliphatic heterocycles. The second-order valence-electron chi connectivity index (χ2n) is 9.52. The van der Waals surface area contributed by atoms with E-state index in [1.807, 2.05) is 6.07 Å². The summed E-state index contributed by atoms with van der Waals surface area (Å²) in [5.74, 6) is -0.639. The van der Waals surface area contributed by atoms with Gasteiger partial charge in [0.15, 0.2) is 17.4 Å². The quantitative estimate of drug-likeness (QED) is 0.536. The van der Waals surface area contributed by atoms with Crippen LogP contribution in [0.4, 0.5) is 14.6 Å². The van der Waals surface area contributed by atoms with Crippen molar-refractivity contribution >= 4 is 11.7 Å². The second kappa shape index (κ2) is 10.3. The smallest absolute Gasteiger partial charge is 0.250 e. The molecule has 37 heavy (non-hydrogen) atoms. The zero-order valence-corrected chi connectivity index (χ0v) is 20.9. The predicted molar refractivity (Wildman–Crippen MR) is 134 cm³/mol. The van der Waals surface area contributed by atoms with Gasteiger partial charge in [-0.25, -0.2) is 18.7 Å². The summed E-state index contributed by atoms with van der Waals surface area (Å²) < 4.78 is 34.9. The molecule has 1 aromatic carbocycles. The van der Waals surface area contributed by atoms with Gasteiger partial charge in [-0.2, -0.15) is 0 Å². The van der Waals surface area contributed by atoms with E-state index < -0.39 is 11.6 Å². The Balaban J connectivity index is 1.46. The molecule has 2 aliphatic rings. The predicted octanol–water partition coefficient (Wildman–Crippen LogP) is 3.46. The van der Waals surface area contributed by atoms with E-state index in [-0.39, 0.29) is 23.3 Å². The number of rotatable bonds is 4. The van der Waals surface area contributed by atoms with Crippen molar-refractivity contribution in [1.29, 1.82) is 0 Å². The van der Waals surface area contributed by atoms with Crippen molar-refractivity contribution < 1.29 is 18.3 Å². The number of carbonyl (C=O) groups excluding carboxylic acids is 1. The molecule has 2 aromatic heterocycles. The highest BCUT2D eigenvalue weighted by Gasteiger charge is 2.28. The highest BCUT2D eigenvalue weighted by molar-refractivity contribution is 5.74. The Kier molecular flexibility index (Phi) is 6.90. The summed E-state index contributed by atoms with van der Waals surface area (Å²) in [4.78, 5) is 38.3. The number of anilines is 1. The highest BCUT2D eigenvalue weighted by Crippen LogP contribution is 2.32. The van der Waals surface area contributed by atoms with E-state index in [0.717, 1.165) is 23.9 Å². The first-order chi connectivity index (χ1) is 17.8. The molecule has 1 unspecified atom stereocenters. The topological polar surface area (TPSA) is 80.6 Å². The molecule has 5 rings (SSSR count). The van der Waals surface area contributed by atoms with Crippen LogP contribution >= 0.6 is 0 Å². The molecular formula is C27H29F2N5O3. The molecule has 0 spiro atoms. The number of ether oxygens (including phenoxy) is 1. The molecule has 0 bridgehead atoms. The van der Waals surface area contributed by atoms with Crippen LogP contribution in [-0.2, 0) is 24.8 Å². The molecule has 0 saturated carbocycles. The maximum atomic E-state index is 14.2. The summed E-state index contributed by atoms with van der Waals surface area (Å²) in [6.45, 7) is 3.78. The molecule has 1 fully saturated rings. The number of fused-ring (bicyclic) bond motifs is 1. The Morgan fingerprint density at radius 1 is 1.05 bits per heavy atom. The minimum atomic E-state index is -0.714. The number of pyridine rings is 1. The highest BCUT2D eigenvalue weighted by atomic mass is 19.1. The largest absolute Gasteiger partial charge is 0.487 e. The molecule has 194 valence electrons. The van der Waals surface area contributed by atoms with Gasteiger partial charge in [-0.1, -0.05) is 6.07 Å². The zero-order chi connectivity index (χ0) is 26.1. The first-order valence-corrected chi connectivity index (χ1v) is 12.5. The van der Waals surface area contributed by atoms with Crippen molar-refractivity contribution in [1.82, 2.24) is 19.4 Å². The number of aromatic nitrogens is 3.